The fourth-order valence-electron chi connectivity index (χ4n) is 1.83. The molecule has 18 heavy (non-hydrogen) atoms. The Hall–Kier alpha value is -1.53. The molecule has 6 heteroatoms. The molecule has 0 fully saturated rings. The van der Waals surface area contributed by atoms with Gasteiger partial charge in [-0.1, -0.05) is 12.1 Å². The maximum atomic E-state index is 10.8. The van der Waals surface area contributed by atoms with Crippen molar-refractivity contribution in [2.75, 3.05) is 7.05 Å². The van der Waals surface area contributed by atoms with Crippen LogP contribution in [0.2, 0.25) is 0 Å². The van der Waals surface area contributed by atoms with Gasteiger partial charge < -0.3 is 14.4 Å². The Balaban J connectivity index is 2.10. The van der Waals surface area contributed by atoms with E-state index in [4.69, 9.17) is 0 Å². The van der Waals surface area contributed by atoms with Gasteiger partial charge in [0.2, 0.25) is 0 Å². The molecule has 0 bridgehead atoms. The van der Waals surface area contributed by atoms with Gasteiger partial charge in [0, 0.05) is 26.0 Å². The third-order valence-corrected chi connectivity index (χ3v) is 3.99. The lowest BCUT2D eigenvalue weighted by molar-refractivity contribution is 0.189. The van der Waals surface area contributed by atoms with Gasteiger partial charge in [-0.3, -0.25) is 0 Å². The van der Waals surface area contributed by atoms with Gasteiger partial charge in [0.05, 0.1) is 11.1 Å². The monoisotopic (exact) mass is 267 g/mol. The van der Waals surface area contributed by atoms with E-state index in [2.05, 4.69) is 16.7 Å². The van der Waals surface area contributed by atoms with Gasteiger partial charge in [0.1, 0.15) is 10.1 Å². The molecular weight excluding hydrogens is 252 g/mol. The average molecular weight is 267 g/mol. The van der Waals surface area contributed by atoms with Crippen molar-refractivity contribution in [3.63, 3.8) is 0 Å². The van der Waals surface area contributed by atoms with Crippen molar-refractivity contribution in [2.45, 2.75) is 24.5 Å². The molecule has 2 rings (SSSR count). The fourth-order valence-corrected chi connectivity index (χ4v) is 2.30. The number of benzene rings is 1. The van der Waals surface area contributed by atoms with E-state index in [9.17, 15) is 13.0 Å². The lowest BCUT2D eigenvalue weighted by atomic mass is 10.2. The van der Waals surface area contributed by atoms with E-state index in [1.807, 2.05) is 19.4 Å². The molecule has 0 amide bonds. The molecule has 1 atom stereocenters. The largest absolute Gasteiger partial charge is 0.744 e. The van der Waals surface area contributed by atoms with Crippen molar-refractivity contribution < 1.29 is 13.0 Å². The molecule has 5 nitrogen and oxygen atoms in total. The molecule has 0 saturated heterocycles. The van der Waals surface area contributed by atoms with E-state index < -0.39 is 10.1 Å². The number of nitrogens with zero attached hydrogens (tertiary/aromatic N) is 2. The molecule has 0 aromatic heterocycles. The van der Waals surface area contributed by atoms with E-state index in [-0.39, 0.29) is 11.1 Å². The van der Waals surface area contributed by atoms with Crippen molar-refractivity contribution in [3.05, 3.63) is 42.2 Å². The Kier molecular flexibility index (Phi) is 3.32. The van der Waals surface area contributed by atoms with E-state index in [1.54, 1.807) is 12.1 Å². The molecule has 1 heterocycles. The Morgan fingerprint density at radius 2 is 1.83 bits per heavy atom. The Labute approximate surface area is 107 Å². The lowest BCUT2D eigenvalue weighted by Crippen LogP contribution is -2.32. The van der Waals surface area contributed by atoms with Crippen LogP contribution in [-0.4, -0.2) is 36.0 Å². The van der Waals surface area contributed by atoms with E-state index in [1.165, 1.54) is 12.1 Å². The minimum atomic E-state index is -4.35. The van der Waals surface area contributed by atoms with Crippen LogP contribution in [0.1, 0.15) is 12.5 Å². The van der Waals surface area contributed by atoms with E-state index >= 15 is 0 Å². The molecule has 1 aromatic rings. The molecular formula is C12H15N2O3S-. The highest BCUT2D eigenvalue weighted by molar-refractivity contribution is 7.85. The minimum Gasteiger partial charge on any atom is -0.744 e. The summed E-state index contributed by atoms with van der Waals surface area (Å²) in [7, 11) is -2.36. The van der Waals surface area contributed by atoms with Gasteiger partial charge in [-0.2, -0.15) is 0 Å². The number of hydrogen-bond donors (Lipinski definition) is 0. The first kappa shape index (κ1) is 12.9. The molecule has 0 aliphatic carbocycles. The summed E-state index contributed by atoms with van der Waals surface area (Å²) in [5, 5.41) is 0. The second kappa shape index (κ2) is 4.62. The Bertz CT molecular complexity index is 551. The molecule has 0 radical (unpaired) electrons. The Morgan fingerprint density at radius 1 is 1.22 bits per heavy atom. The zero-order valence-electron chi connectivity index (χ0n) is 10.3. The second-order valence-electron chi connectivity index (χ2n) is 4.37. The van der Waals surface area contributed by atoms with Crippen LogP contribution in [0.4, 0.5) is 0 Å². The fraction of sp³-hybridized carbons (Fsp3) is 0.333. The number of rotatable bonds is 3. The third kappa shape index (κ3) is 2.65. The summed E-state index contributed by atoms with van der Waals surface area (Å²) in [6.07, 6.45) is 4.25. The molecule has 1 aliphatic rings. The molecule has 0 N–H and O–H groups in total. The number of hydrogen-bond acceptors (Lipinski definition) is 5. The highest BCUT2D eigenvalue weighted by Crippen LogP contribution is 2.18. The highest BCUT2D eigenvalue weighted by atomic mass is 32.2. The van der Waals surface area contributed by atoms with Crippen molar-refractivity contribution in [1.29, 1.82) is 0 Å². The normalized spacial score (nSPS) is 19.6. The van der Waals surface area contributed by atoms with Gasteiger partial charge >= 0.3 is 0 Å². The smallest absolute Gasteiger partial charge is 0.124 e. The molecule has 0 spiro atoms. The van der Waals surface area contributed by atoms with Gasteiger partial charge in [-0.05, 0) is 24.6 Å². The molecule has 1 aliphatic heterocycles. The van der Waals surface area contributed by atoms with Crippen molar-refractivity contribution in [3.8, 4) is 0 Å². The SMILES string of the molecule is CC1N(C)C=CN1Cc1ccc(S(=O)(=O)[O-])cc1. The summed E-state index contributed by atoms with van der Waals surface area (Å²) in [6, 6.07) is 6.05. The lowest BCUT2D eigenvalue weighted by Gasteiger charge is -2.27. The first-order valence-corrected chi connectivity index (χ1v) is 6.99. The Morgan fingerprint density at radius 3 is 2.28 bits per heavy atom. The zero-order valence-corrected chi connectivity index (χ0v) is 11.1. The van der Waals surface area contributed by atoms with Crippen LogP contribution in [0, 0.1) is 0 Å². The molecule has 1 aromatic carbocycles. The average Bonchev–Trinajstić information content (AvgIpc) is 2.61. The molecule has 0 saturated carbocycles. The predicted molar refractivity (Wildman–Crippen MR) is 66.3 cm³/mol. The summed E-state index contributed by atoms with van der Waals surface area (Å²) in [5.74, 6) is 0. The zero-order chi connectivity index (χ0) is 13.3. The van der Waals surface area contributed by atoms with Crippen LogP contribution < -0.4 is 0 Å². The third-order valence-electron chi connectivity index (χ3n) is 3.14. The van der Waals surface area contributed by atoms with E-state index in [0.717, 1.165) is 5.56 Å². The van der Waals surface area contributed by atoms with Crippen LogP contribution in [0.5, 0.6) is 0 Å². The summed E-state index contributed by atoms with van der Waals surface area (Å²) < 4.78 is 32.4. The first-order chi connectivity index (χ1) is 8.38. The summed E-state index contributed by atoms with van der Waals surface area (Å²) in [6.45, 7) is 2.76. The second-order valence-corrected chi connectivity index (χ2v) is 5.75. The summed E-state index contributed by atoms with van der Waals surface area (Å²) >= 11 is 0. The van der Waals surface area contributed by atoms with Crippen molar-refractivity contribution in [2.24, 2.45) is 0 Å². The minimum absolute atomic E-state index is 0.187. The molecule has 1 unspecified atom stereocenters. The summed E-state index contributed by atoms with van der Waals surface area (Å²) in [5.41, 5.74) is 0.967. The quantitative estimate of drug-likeness (QED) is 0.769. The topological polar surface area (TPSA) is 63.7 Å². The van der Waals surface area contributed by atoms with E-state index in [0.29, 0.717) is 6.54 Å². The van der Waals surface area contributed by atoms with Crippen LogP contribution in [0.3, 0.4) is 0 Å². The highest BCUT2D eigenvalue weighted by Gasteiger charge is 2.18. The van der Waals surface area contributed by atoms with Crippen LogP contribution in [0.15, 0.2) is 41.6 Å². The van der Waals surface area contributed by atoms with Gasteiger partial charge in [0.25, 0.3) is 0 Å². The van der Waals surface area contributed by atoms with Crippen molar-refractivity contribution in [1.82, 2.24) is 9.80 Å². The van der Waals surface area contributed by atoms with Crippen LogP contribution in [0.25, 0.3) is 0 Å². The van der Waals surface area contributed by atoms with Gasteiger partial charge in [-0.15, -0.1) is 0 Å². The van der Waals surface area contributed by atoms with Crippen LogP contribution >= 0.6 is 0 Å². The maximum Gasteiger partial charge on any atom is 0.124 e. The van der Waals surface area contributed by atoms with Gasteiger partial charge in [-0.25, -0.2) is 8.42 Å². The summed E-state index contributed by atoms with van der Waals surface area (Å²) in [4.78, 5) is 4.02. The predicted octanol–water partition coefficient (Wildman–Crippen LogP) is 1.16. The van der Waals surface area contributed by atoms with Crippen molar-refractivity contribution >= 4 is 10.1 Å². The maximum absolute atomic E-state index is 10.8. The van der Waals surface area contributed by atoms with Crippen LogP contribution in [-0.2, 0) is 16.7 Å². The molecule has 98 valence electrons. The standard InChI is InChI=1S/C12H16N2O3S/c1-10-13(2)7-8-14(10)9-11-3-5-12(6-4-11)18(15,16)17/h3-8,10H,9H2,1-2H3,(H,15,16,17)/p-1. The first-order valence-electron chi connectivity index (χ1n) is 5.59. The van der Waals surface area contributed by atoms with Gasteiger partial charge in [0.15, 0.2) is 0 Å².